The van der Waals surface area contributed by atoms with Gasteiger partial charge in [-0.2, -0.15) is 50.5 Å². The largest absolute Gasteiger partial charge is 0.333 e. The highest BCUT2D eigenvalue weighted by Crippen LogP contribution is 2.56. The van der Waals surface area contributed by atoms with Gasteiger partial charge < -0.3 is 9.80 Å². The zero-order valence-electron chi connectivity index (χ0n) is 37.1. The fourth-order valence-electron chi connectivity index (χ4n) is 9.46. The smallest absolute Gasteiger partial charge is 0.295 e. The number of allylic oxidation sites excluding steroid dienone is 5. The number of nitrogens with zero attached hydrogens (tertiary/aromatic N) is 2. The number of hydrogen-bond donors (Lipinski definition) is 6. The average molecular weight is 1090 g/mol. The van der Waals surface area contributed by atoms with Gasteiger partial charge in [-0.3, -0.25) is 27.3 Å². The van der Waals surface area contributed by atoms with Crippen LogP contribution in [-0.4, -0.2) is 83.9 Å². The fourth-order valence-corrected chi connectivity index (χ4v) is 12.9. The quantitative estimate of drug-likeness (QED) is 0.0543. The lowest BCUT2D eigenvalue weighted by molar-refractivity contribution is 0.480. The van der Waals surface area contributed by atoms with Crippen molar-refractivity contribution in [2.75, 3.05) is 9.80 Å². The van der Waals surface area contributed by atoms with E-state index < -0.39 is 107 Å². The van der Waals surface area contributed by atoms with E-state index in [1.165, 1.54) is 41.3 Å². The molecule has 2 aliphatic heterocycles. The molecule has 1 unspecified atom stereocenters. The van der Waals surface area contributed by atoms with Gasteiger partial charge in [0.25, 0.3) is 60.7 Å². The van der Waals surface area contributed by atoms with Gasteiger partial charge in [0, 0.05) is 44.4 Å². The van der Waals surface area contributed by atoms with Crippen LogP contribution in [0.25, 0.3) is 21.5 Å². The number of fused-ring (bicyclic) bond motifs is 6. The van der Waals surface area contributed by atoms with Gasteiger partial charge >= 0.3 is 0 Å². The van der Waals surface area contributed by atoms with Crippen LogP contribution >= 0.6 is 0 Å². The van der Waals surface area contributed by atoms with E-state index in [1.54, 1.807) is 63.0 Å². The summed E-state index contributed by atoms with van der Waals surface area (Å²) in [4.78, 5) is -0.895. The van der Waals surface area contributed by atoms with Crippen LogP contribution < -0.4 is 9.80 Å². The molecule has 0 spiro atoms. The topological polar surface area (TPSA) is 333 Å². The molecule has 6 N–H and O–H groups in total. The van der Waals surface area contributed by atoms with Gasteiger partial charge in [-0.25, -0.2) is 0 Å². The average Bonchev–Trinajstić information content (AvgIpc) is 3.62. The number of anilines is 4. The van der Waals surface area contributed by atoms with E-state index in [9.17, 15) is 77.8 Å². The Morgan fingerprint density at radius 2 is 0.887 bits per heavy atom. The highest BCUT2D eigenvalue weighted by atomic mass is 32.2. The van der Waals surface area contributed by atoms with Gasteiger partial charge in [0.2, 0.25) is 0 Å². The summed E-state index contributed by atoms with van der Waals surface area (Å²) in [5, 5.41) is -0.280. The number of benzene rings is 6. The van der Waals surface area contributed by atoms with E-state index in [2.05, 4.69) is 0 Å². The molecule has 8 rings (SSSR count). The van der Waals surface area contributed by atoms with Crippen LogP contribution in [0.1, 0.15) is 38.8 Å². The van der Waals surface area contributed by atoms with Crippen molar-refractivity contribution in [1.82, 2.24) is 0 Å². The molecule has 0 bridgehead atoms. The molecular weight excluding hydrogens is 1050 g/mol. The van der Waals surface area contributed by atoms with Crippen LogP contribution in [-0.2, 0) is 71.5 Å². The number of rotatable bonds is 11. The minimum Gasteiger partial charge on any atom is -0.333 e. The van der Waals surface area contributed by atoms with Crippen molar-refractivity contribution >= 4 is 105 Å². The Morgan fingerprint density at radius 3 is 1.37 bits per heavy atom. The van der Waals surface area contributed by atoms with Crippen molar-refractivity contribution in [3.05, 3.63) is 144 Å². The van der Waals surface area contributed by atoms with Gasteiger partial charge in [-0.1, -0.05) is 76.3 Å². The molecule has 20 nitrogen and oxygen atoms in total. The summed E-state index contributed by atoms with van der Waals surface area (Å²) < 4.78 is 211. The summed E-state index contributed by atoms with van der Waals surface area (Å²) in [6.07, 6.45) is 7.89. The molecule has 0 radical (unpaired) electrons. The Kier molecular flexibility index (Phi) is 12.2. The van der Waals surface area contributed by atoms with Crippen LogP contribution in [0.5, 0.6) is 0 Å². The molecule has 0 saturated heterocycles. The molecule has 0 amide bonds. The molecule has 71 heavy (non-hydrogen) atoms. The number of hydrogen-bond acceptors (Lipinski definition) is 14. The minimum absolute atomic E-state index is 0.0887. The molecule has 374 valence electrons. The maximum absolute atomic E-state index is 13.0. The molecule has 0 fully saturated rings. The Labute approximate surface area is 408 Å². The summed E-state index contributed by atoms with van der Waals surface area (Å²) in [5.41, 5.74) is -0.770. The van der Waals surface area contributed by atoms with Crippen molar-refractivity contribution < 1.29 is 77.8 Å². The van der Waals surface area contributed by atoms with Crippen LogP contribution in [0.4, 0.5) is 22.7 Å². The normalized spacial score (nSPS) is 18.1. The van der Waals surface area contributed by atoms with E-state index in [1.807, 2.05) is 0 Å². The highest BCUT2D eigenvalue weighted by molar-refractivity contribution is 7.87. The zero-order chi connectivity index (χ0) is 52.4. The monoisotopic (exact) mass is 1090 g/mol. The summed E-state index contributed by atoms with van der Waals surface area (Å²) in [7, 11) is -29.6. The maximum Gasteiger partial charge on any atom is 0.295 e. The third-order valence-corrected chi connectivity index (χ3v) is 17.6. The third kappa shape index (κ3) is 9.19. The Hall–Kier alpha value is -5.88. The molecule has 2 heterocycles. The predicted octanol–water partition coefficient (Wildman–Crippen LogP) is 7.40. The van der Waals surface area contributed by atoms with Gasteiger partial charge in [-0.15, -0.1) is 0 Å². The summed E-state index contributed by atoms with van der Waals surface area (Å²) >= 11 is 0. The van der Waals surface area contributed by atoms with Crippen molar-refractivity contribution in [2.45, 2.75) is 73.9 Å². The molecule has 26 heteroatoms. The lowest BCUT2D eigenvalue weighted by Gasteiger charge is -2.32. The Morgan fingerprint density at radius 1 is 0.451 bits per heavy atom. The first-order chi connectivity index (χ1) is 32.5. The Bertz CT molecular complexity index is 4130. The summed E-state index contributed by atoms with van der Waals surface area (Å²) in [6, 6.07) is 17.7. The lowest BCUT2D eigenvalue weighted by Crippen LogP contribution is -2.37. The van der Waals surface area contributed by atoms with Crippen molar-refractivity contribution in [3.63, 3.8) is 0 Å². The third-order valence-electron chi connectivity index (χ3n) is 12.5. The van der Waals surface area contributed by atoms with Gasteiger partial charge in [0.05, 0.1) is 31.3 Å². The van der Waals surface area contributed by atoms with Crippen molar-refractivity contribution in [2.24, 2.45) is 0 Å². The Balaban J connectivity index is 1.32. The first-order valence-electron chi connectivity index (χ1n) is 20.5. The van der Waals surface area contributed by atoms with Crippen LogP contribution in [0.15, 0.2) is 163 Å². The minimum atomic E-state index is -5.14. The van der Waals surface area contributed by atoms with Crippen LogP contribution in [0, 0.1) is 0 Å². The van der Waals surface area contributed by atoms with Gasteiger partial charge in [0.1, 0.15) is 9.79 Å². The molecule has 0 saturated carbocycles. The summed E-state index contributed by atoms with van der Waals surface area (Å²) in [5.74, 6) is 0. The van der Waals surface area contributed by atoms with Gasteiger partial charge in [0.15, 0.2) is 0 Å². The SMILES string of the molecule is CC1(C)\C(=C/C=C/C=C/C2N(c3cccc(S(=O)(=O)O)c3)c3cc(S(=O)(=O)O)c4cc(S(=O)(=O)O)ccc4c3C2(C)C)N(c2cccc(S(=O)(=O)O)c2)c2cc(S(=O)(=O)O)c3cc(S(=O)(=O)O)ccc3c21. The highest BCUT2D eigenvalue weighted by Gasteiger charge is 2.47. The maximum atomic E-state index is 13.0. The zero-order valence-corrected chi connectivity index (χ0v) is 42.0. The second kappa shape index (κ2) is 16.9. The first kappa shape index (κ1) is 51.5. The molecule has 6 aromatic rings. The molecule has 0 aromatic heterocycles. The van der Waals surface area contributed by atoms with Gasteiger partial charge in [-0.05, 0) is 101 Å². The van der Waals surface area contributed by atoms with E-state index in [0.717, 1.165) is 60.7 Å². The van der Waals surface area contributed by atoms with E-state index >= 15 is 0 Å². The van der Waals surface area contributed by atoms with Crippen molar-refractivity contribution in [3.8, 4) is 0 Å². The second-order valence-electron chi connectivity index (χ2n) is 17.6. The van der Waals surface area contributed by atoms with E-state index in [-0.39, 0.29) is 44.3 Å². The molecular formula is C45H40N2O18S6. The summed E-state index contributed by atoms with van der Waals surface area (Å²) in [6.45, 7) is 6.95. The van der Waals surface area contributed by atoms with Crippen LogP contribution in [0.2, 0.25) is 0 Å². The molecule has 2 aliphatic rings. The second-order valence-corrected chi connectivity index (χ2v) is 26.1. The standard InChI is InChI=1S/C45H40N2O18S6/c1-44(2)40(46(26-10-8-12-28(20-26)66(48,49)50)36-24-38(70(60,61)62)34-22-30(68(54,55)56)16-18-32(34)42(36)44)14-6-5-7-15-41-45(3,4)43-33-19-17-31(69(57,58)59)23-35(33)39(71(63,64)65)25-37(43)47(41)27-11-9-13-29(21-27)67(51,52)53/h5-25,40H,1-4H3,(H,48,49,50)(H,51,52,53)(H,54,55,56)(H,57,58,59)(H,60,61,62)(H,63,64,65)/b7-5+,14-6+,41-15+. The van der Waals surface area contributed by atoms with Crippen LogP contribution in [0.3, 0.4) is 0 Å². The molecule has 0 aliphatic carbocycles. The fraction of sp³-hybridized carbons (Fsp3) is 0.156. The predicted molar refractivity (Wildman–Crippen MR) is 260 cm³/mol. The molecule has 6 aromatic carbocycles. The van der Waals surface area contributed by atoms with E-state index in [4.69, 9.17) is 0 Å². The van der Waals surface area contributed by atoms with E-state index in [0.29, 0.717) is 16.8 Å². The molecule has 1 atom stereocenters. The van der Waals surface area contributed by atoms with Crippen molar-refractivity contribution in [1.29, 1.82) is 0 Å². The lowest BCUT2D eigenvalue weighted by atomic mass is 9.78. The first-order valence-corrected chi connectivity index (χ1v) is 29.1.